The van der Waals surface area contributed by atoms with Crippen LogP contribution in [0.3, 0.4) is 0 Å². The van der Waals surface area contributed by atoms with Gasteiger partial charge >= 0.3 is 0 Å². The van der Waals surface area contributed by atoms with E-state index in [0.29, 0.717) is 0 Å². The van der Waals surface area contributed by atoms with E-state index in [1.54, 1.807) is 0 Å². The average Bonchev–Trinajstić information content (AvgIpc) is 3.15. The van der Waals surface area contributed by atoms with Crippen LogP contribution in [-0.4, -0.2) is 51.8 Å². The third kappa shape index (κ3) is 4.63. The van der Waals surface area contributed by atoms with E-state index in [1.807, 2.05) is 0 Å². The Morgan fingerprint density at radius 3 is 1.49 bits per heavy atom. The first kappa shape index (κ1) is 24.4. The molecule has 0 N–H and O–H groups in total. The molecule has 0 saturated heterocycles. The SMILES string of the molecule is Cc1cc(-c2nc(-c3ccc(N(C)C)cc3)c(-c3ccc(N(C)C)cc3)n2C)cc(C)c1N(C)C. The van der Waals surface area contributed by atoms with E-state index in [1.165, 1.54) is 28.2 Å². The summed E-state index contributed by atoms with van der Waals surface area (Å²) >= 11 is 0. The Hall–Kier alpha value is -3.73. The molecule has 0 radical (unpaired) electrons. The number of anilines is 3. The summed E-state index contributed by atoms with van der Waals surface area (Å²) in [5.41, 5.74) is 11.6. The molecule has 0 bridgehead atoms. The highest BCUT2D eigenvalue weighted by Crippen LogP contribution is 2.38. The molecule has 5 nitrogen and oxygen atoms in total. The van der Waals surface area contributed by atoms with E-state index >= 15 is 0 Å². The third-order valence-electron chi connectivity index (χ3n) is 6.61. The van der Waals surface area contributed by atoms with Gasteiger partial charge in [0.15, 0.2) is 0 Å². The van der Waals surface area contributed by atoms with Gasteiger partial charge in [0.05, 0.1) is 11.4 Å². The van der Waals surface area contributed by atoms with Gasteiger partial charge in [-0.3, -0.25) is 0 Å². The van der Waals surface area contributed by atoms with Crippen LogP contribution in [0.5, 0.6) is 0 Å². The maximum absolute atomic E-state index is 5.24. The second kappa shape index (κ2) is 9.49. The first-order chi connectivity index (χ1) is 16.6. The minimum absolute atomic E-state index is 0.972. The molecular formula is C30H37N5. The lowest BCUT2D eigenvalue weighted by molar-refractivity contribution is 0.932. The zero-order valence-corrected chi connectivity index (χ0v) is 22.5. The minimum atomic E-state index is 0.972. The number of hydrogen-bond donors (Lipinski definition) is 0. The Bertz CT molecular complexity index is 1300. The van der Waals surface area contributed by atoms with E-state index in [-0.39, 0.29) is 0 Å². The van der Waals surface area contributed by atoms with Crippen molar-refractivity contribution in [2.45, 2.75) is 13.8 Å². The van der Waals surface area contributed by atoms with Crippen molar-refractivity contribution in [2.24, 2.45) is 7.05 Å². The van der Waals surface area contributed by atoms with Gasteiger partial charge in [-0.2, -0.15) is 0 Å². The zero-order chi connectivity index (χ0) is 25.4. The van der Waals surface area contributed by atoms with Gasteiger partial charge in [-0.1, -0.05) is 24.3 Å². The van der Waals surface area contributed by atoms with Crippen molar-refractivity contribution < 1.29 is 0 Å². The Morgan fingerprint density at radius 1 is 0.600 bits per heavy atom. The van der Waals surface area contributed by atoms with Crippen LogP contribution in [0, 0.1) is 13.8 Å². The van der Waals surface area contributed by atoms with Crippen LogP contribution < -0.4 is 14.7 Å². The molecule has 0 amide bonds. The predicted molar refractivity (Wildman–Crippen MR) is 152 cm³/mol. The number of benzene rings is 3. The molecule has 0 aliphatic heterocycles. The number of hydrogen-bond acceptors (Lipinski definition) is 4. The van der Waals surface area contributed by atoms with Gasteiger partial charge < -0.3 is 19.3 Å². The molecule has 0 fully saturated rings. The monoisotopic (exact) mass is 467 g/mol. The minimum Gasteiger partial charge on any atom is -0.378 e. The molecule has 0 unspecified atom stereocenters. The fourth-order valence-electron chi connectivity index (χ4n) is 4.91. The van der Waals surface area contributed by atoms with E-state index in [4.69, 9.17) is 4.98 Å². The highest BCUT2D eigenvalue weighted by molar-refractivity contribution is 5.83. The van der Waals surface area contributed by atoms with E-state index in [2.05, 4.69) is 143 Å². The maximum Gasteiger partial charge on any atom is 0.140 e. The summed E-state index contributed by atoms with van der Waals surface area (Å²) in [6.07, 6.45) is 0. The van der Waals surface area contributed by atoms with Crippen LogP contribution in [0.2, 0.25) is 0 Å². The van der Waals surface area contributed by atoms with Crippen LogP contribution >= 0.6 is 0 Å². The lowest BCUT2D eigenvalue weighted by Gasteiger charge is -2.20. The molecular weight excluding hydrogens is 430 g/mol. The van der Waals surface area contributed by atoms with Crippen molar-refractivity contribution in [2.75, 3.05) is 57.0 Å². The molecule has 4 aromatic rings. The summed E-state index contributed by atoms with van der Waals surface area (Å²) in [4.78, 5) is 11.7. The molecule has 0 spiro atoms. The smallest absolute Gasteiger partial charge is 0.140 e. The highest BCUT2D eigenvalue weighted by Gasteiger charge is 2.20. The molecule has 5 heteroatoms. The lowest BCUT2D eigenvalue weighted by atomic mass is 10.0. The zero-order valence-electron chi connectivity index (χ0n) is 22.5. The second-order valence-electron chi connectivity index (χ2n) is 9.93. The van der Waals surface area contributed by atoms with Crippen molar-refractivity contribution in [3.8, 4) is 33.9 Å². The summed E-state index contributed by atoms with van der Waals surface area (Å²) in [5, 5.41) is 0. The quantitative estimate of drug-likeness (QED) is 0.336. The van der Waals surface area contributed by atoms with Crippen LogP contribution in [-0.2, 0) is 7.05 Å². The topological polar surface area (TPSA) is 27.5 Å². The number of imidazole rings is 1. The Labute approximate surface area is 210 Å². The molecule has 35 heavy (non-hydrogen) atoms. The average molecular weight is 468 g/mol. The summed E-state index contributed by atoms with van der Waals surface area (Å²) in [5.74, 6) is 0.972. The van der Waals surface area contributed by atoms with Gasteiger partial charge in [0.2, 0.25) is 0 Å². The number of aryl methyl sites for hydroxylation is 2. The molecule has 0 aliphatic rings. The summed E-state index contributed by atoms with van der Waals surface area (Å²) in [7, 11) is 14.6. The Balaban J connectivity index is 1.92. The second-order valence-corrected chi connectivity index (χ2v) is 9.93. The highest BCUT2D eigenvalue weighted by atomic mass is 15.1. The molecule has 1 heterocycles. The fourth-order valence-corrected chi connectivity index (χ4v) is 4.91. The van der Waals surface area contributed by atoms with Crippen LogP contribution in [0.4, 0.5) is 17.1 Å². The number of aromatic nitrogens is 2. The molecule has 0 atom stereocenters. The molecule has 4 rings (SSSR count). The summed E-state index contributed by atoms with van der Waals surface area (Å²) < 4.78 is 2.24. The number of rotatable bonds is 6. The fraction of sp³-hybridized carbons (Fsp3) is 0.300. The molecule has 182 valence electrons. The first-order valence-corrected chi connectivity index (χ1v) is 12.0. The van der Waals surface area contributed by atoms with Crippen molar-refractivity contribution in [1.29, 1.82) is 0 Å². The Kier molecular flexibility index (Phi) is 6.62. The molecule has 0 aliphatic carbocycles. The third-order valence-corrected chi connectivity index (χ3v) is 6.61. The van der Waals surface area contributed by atoms with E-state index in [9.17, 15) is 0 Å². The van der Waals surface area contributed by atoms with Gasteiger partial charge in [-0.25, -0.2) is 4.98 Å². The van der Waals surface area contributed by atoms with E-state index < -0.39 is 0 Å². The van der Waals surface area contributed by atoms with Gasteiger partial charge in [0.1, 0.15) is 5.82 Å². The van der Waals surface area contributed by atoms with Crippen molar-refractivity contribution in [1.82, 2.24) is 9.55 Å². The predicted octanol–water partition coefficient (Wildman–Crippen LogP) is 6.24. The lowest BCUT2D eigenvalue weighted by Crippen LogP contribution is -2.12. The van der Waals surface area contributed by atoms with Gasteiger partial charge in [-0.05, 0) is 61.4 Å². The van der Waals surface area contributed by atoms with Crippen LogP contribution in [0.25, 0.3) is 33.9 Å². The molecule has 0 saturated carbocycles. The normalized spacial score (nSPS) is 11.0. The maximum atomic E-state index is 5.24. The van der Waals surface area contributed by atoms with Crippen molar-refractivity contribution in [3.05, 3.63) is 71.8 Å². The number of nitrogens with zero attached hydrogens (tertiary/aromatic N) is 5. The van der Waals surface area contributed by atoms with E-state index in [0.717, 1.165) is 33.9 Å². The van der Waals surface area contributed by atoms with Gasteiger partial charge in [0, 0.05) is 83.1 Å². The summed E-state index contributed by atoms with van der Waals surface area (Å²) in [6.45, 7) is 4.35. The van der Waals surface area contributed by atoms with Crippen LogP contribution in [0.15, 0.2) is 60.7 Å². The standard InChI is InChI=1S/C30H37N5/c1-20-18-24(19-21(2)28(20)34(7)8)30-31-27(22-10-14-25(15-11-22)32(3)4)29(35(30)9)23-12-16-26(17-13-23)33(5)6/h10-19H,1-9H3. The largest absolute Gasteiger partial charge is 0.378 e. The first-order valence-electron chi connectivity index (χ1n) is 12.0. The van der Waals surface area contributed by atoms with Gasteiger partial charge in [0.25, 0.3) is 0 Å². The van der Waals surface area contributed by atoms with Crippen LogP contribution in [0.1, 0.15) is 11.1 Å². The van der Waals surface area contributed by atoms with Crippen molar-refractivity contribution >= 4 is 17.1 Å². The van der Waals surface area contributed by atoms with Crippen molar-refractivity contribution in [3.63, 3.8) is 0 Å². The molecule has 1 aromatic heterocycles. The summed E-state index contributed by atoms with van der Waals surface area (Å²) in [6, 6.07) is 21.9. The Morgan fingerprint density at radius 2 is 1.06 bits per heavy atom. The molecule has 3 aromatic carbocycles. The van der Waals surface area contributed by atoms with Gasteiger partial charge in [-0.15, -0.1) is 0 Å².